The molecule has 0 amide bonds. The van der Waals surface area contributed by atoms with Gasteiger partial charge in [0.1, 0.15) is 6.79 Å². The highest BCUT2D eigenvalue weighted by molar-refractivity contribution is 6.99. The SMILES string of the molecule is C#CC[C@@H](C[C@@H](CC=C)OCOCCOC)O[Si](c1ccccc1)(c1ccccc1)C(C)(C)C. The van der Waals surface area contributed by atoms with Crippen LogP contribution in [-0.2, 0) is 18.6 Å². The van der Waals surface area contributed by atoms with E-state index < -0.39 is 8.32 Å². The number of terminal acetylenes is 1. The molecule has 2 aromatic carbocycles. The predicted octanol–water partition coefficient (Wildman–Crippen LogP) is 4.93. The lowest BCUT2D eigenvalue weighted by Crippen LogP contribution is -2.67. The minimum atomic E-state index is -2.71. The number of hydrogen-bond acceptors (Lipinski definition) is 4. The van der Waals surface area contributed by atoms with Gasteiger partial charge in [0.15, 0.2) is 0 Å². The molecule has 184 valence electrons. The van der Waals surface area contributed by atoms with Crippen LogP contribution in [0.1, 0.15) is 40.0 Å². The quantitative estimate of drug-likeness (QED) is 0.119. The van der Waals surface area contributed by atoms with Gasteiger partial charge in [0.25, 0.3) is 8.32 Å². The van der Waals surface area contributed by atoms with E-state index in [9.17, 15) is 0 Å². The van der Waals surface area contributed by atoms with Crippen LogP contribution < -0.4 is 10.4 Å². The summed E-state index contributed by atoms with van der Waals surface area (Å²) in [7, 11) is -1.06. The summed E-state index contributed by atoms with van der Waals surface area (Å²) in [5, 5.41) is 2.35. The highest BCUT2D eigenvalue weighted by Crippen LogP contribution is 2.38. The third kappa shape index (κ3) is 7.66. The first-order valence-corrected chi connectivity index (χ1v) is 13.8. The van der Waals surface area contributed by atoms with E-state index in [4.69, 9.17) is 25.1 Å². The van der Waals surface area contributed by atoms with Crippen LogP contribution in [0.3, 0.4) is 0 Å². The van der Waals surface area contributed by atoms with Gasteiger partial charge in [0.2, 0.25) is 0 Å². The van der Waals surface area contributed by atoms with E-state index >= 15 is 0 Å². The fraction of sp³-hybridized carbons (Fsp3) is 0.448. The van der Waals surface area contributed by atoms with E-state index in [0.717, 1.165) is 0 Å². The first-order valence-electron chi connectivity index (χ1n) is 11.9. The Bertz CT molecular complexity index is 831. The smallest absolute Gasteiger partial charge is 0.261 e. The van der Waals surface area contributed by atoms with Crippen LogP contribution in [0.5, 0.6) is 0 Å². The molecule has 0 aliphatic heterocycles. The Hall–Kier alpha value is -2.20. The second kappa shape index (κ2) is 14.3. The van der Waals surface area contributed by atoms with Gasteiger partial charge < -0.3 is 18.6 Å². The predicted molar refractivity (Wildman–Crippen MR) is 143 cm³/mol. The maximum atomic E-state index is 7.26. The molecule has 0 heterocycles. The molecule has 34 heavy (non-hydrogen) atoms. The molecule has 0 aliphatic rings. The number of hydrogen-bond donors (Lipinski definition) is 0. The lowest BCUT2D eigenvalue weighted by Gasteiger charge is -2.45. The van der Waals surface area contributed by atoms with Crippen LogP contribution in [0.15, 0.2) is 73.3 Å². The van der Waals surface area contributed by atoms with E-state index in [-0.39, 0.29) is 24.0 Å². The van der Waals surface area contributed by atoms with Gasteiger partial charge in [-0.25, -0.2) is 0 Å². The Kier molecular flexibility index (Phi) is 11.8. The van der Waals surface area contributed by atoms with Crippen molar-refractivity contribution >= 4 is 18.7 Å². The second-order valence-corrected chi connectivity index (χ2v) is 13.6. The maximum absolute atomic E-state index is 7.26. The summed E-state index contributed by atoms with van der Waals surface area (Å²) in [5.41, 5.74) is 0. The van der Waals surface area contributed by atoms with Crippen molar-refractivity contribution in [2.75, 3.05) is 27.1 Å². The van der Waals surface area contributed by atoms with Gasteiger partial charge in [-0.05, 0) is 28.3 Å². The Balaban J connectivity index is 2.39. The minimum absolute atomic E-state index is 0.100. The number of methoxy groups -OCH3 is 1. The summed E-state index contributed by atoms with van der Waals surface area (Å²) >= 11 is 0. The Morgan fingerprint density at radius 1 is 0.971 bits per heavy atom. The number of rotatable bonds is 15. The Labute approximate surface area is 207 Å². The average Bonchev–Trinajstić information content (AvgIpc) is 2.83. The topological polar surface area (TPSA) is 36.9 Å². The molecule has 0 spiro atoms. The zero-order valence-electron chi connectivity index (χ0n) is 21.2. The molecule has 4 nitrogen and oxygen atoms in total. The van der Waals surface area contributed by atoms with Crippen molar-refractivity contribution in [2.24, 2.45) is 0 Å². The summed E-state index contributed by atoms with van der Waals surface area (Å²) in [5.74, 6) is 2.84. The molecule has 0 fully saturated rings. The van der Waals surface area contributed by atoms with E-state index in [1.165, 1.54) is 10.4 Å². The average molecular weight is 481 g/mol. The van der Waals surface area contributed by atoms with Crippen molar-refractivity contribution < 1.29 is 18.6 Å². The molecular formula is C29H40O4Si. The molecular weight excluding hydrogens is 440 g/mol. The van der Waals surface area contributed by atoms with E-state index in [0.29, 0.717) is 32.5 Å². The zero-order valence-corrected chi connectivity index (χ0v) is 22.2. The van der Waals surface area contributed by atoms with Gasteiger partial charge in [-0.1, -0.05) is 87.5 Å². The van der Waals surface area contributed by atoms with Crippen molar-refractivity contribution in [1.82, 2.24) is 0 Å². The molecule has 0 aromatic heterocycles. The molecule has 0 unspecified atom stereocenters. The molecule has 0 bridgehead atoms. The summed E-state index contributed by atoms with van der Waals surface area (Å²) in [6, 6.07) is 21.2. The largest absolute Gasteiger partial charge is 0.403 e. The fourth-order valence-electron chi connectivity index (χ4n) is 4.30. The number of ether oxygens (including phenoxy) is 3. The van der Waals surface area contributed by atoms with Gasteiger partial charge in [0.05, 0.1) is 25.4 Å². The van der Waals surface area contributed by atoms with Gasteiger partial charge in [-0.2, -0.15) is 0 Å². The van der Waals surface area contributed by atoms with Crippen molar-refractivity contribution in [1.29, 1.82) is 0 Å². The normalized spacial score (nSPS) is 13.7. The van der Waals surface area contributed by atoms with Crippen molar-refractivity contribution in [3.8, 4) is 12.3 Å². The fourth-order valence-corrected chi connectivity index (χ4v) is 9.00. The molecule has 0 radical (unpaired) electrons. The van der Waals surface area contributed by atoms with Gasteiger partial charge in [-0.3, -0.25) is 0 Å². The maximum Gasteiger partial charge on any atom is 0.261 e. The molecule has 0 N–H and O–H groups in total. The van der Waals surface area contributed by atoms with Crippen molar-refractivity contribution in [3.63, 3.8) is 0 Å². The standard InChI is InChI=1S/C29H40O4Si/c1-7-15-25(32-24-31-22-21-30-6)23-26(16-8-2)33-34(29(3,4)5,27-17-11-9-12-18-27)28-19-13-10-14-20-28/h2,7,9-14,17-20,25-26H,1,15-16,21-24H2,3-6H3/t25-,26+/m1/s1. The Morgan fingerprint density at radius 3 is 2.03 bits per heavy atom. The molecule has 5 heteroatoms. The number of benzene rings is 2. The molecule has 0 saturated heterocycles. The van der Waals surface area contributed by atoms with Crippen LogP contribution in [0, 0.1) is 12.3 Å². The van der Waals surface area contributed by atoms with Gasteiger partial charge in [-0.15, -0.1) is 18.9 Å². The molecule has 2 atom stereocenters. The summed E-state index contributed by atoms with van der Waals surface area (Å²) in [4.78, 5) is 0. The van der Waals surface area contributed by atoms with E-state index in [2.05, 4.69) is 81.8 Å². The van der Waals surface area contributed by atoms with Crippen LogP contribution in [0.4, 0.5) is 0 Å². The van der Waals surface area contributed by atoms with Gasteiger partial charge in [0, 0.05) is 13.5 Å². The third-order valence-electron chi connectivity index (χ3n) is 5.88. The van der Waals surface area contributed by atoms with Crippen LogP contribution >= 0.6 is 0 Å². The summed E-state index contributed by atoms with van der Waals surface area (Å²) in [6.45, 7) is 11.9. The highest BCUT2D eigenvalue weighted by Gasteiger charge is 2.51. The summed E-state index contributed by atoms with van der Waals surface area (Å²) < 4.78 is 23.9. The summed E-state index contributed by atoms with van der Waals surface area (Å²) in [6.07, 6.45) is 9.29. The first kappa shape index (κ1) is 28.0. The van der Waals surface area contributed by atoms with Crippen molar-refractivity contribution in [3.05, 3.63) is 73.3 Å². The highest BCUT2D eigenvalue weighted by atomic mass is 28.4. The first-order chi connectivity index (χ1) is 16.4. The van der Waals surface area contributed by atoms with Crippen LogP contribution in [0.2, 0.25) is 5.04 Å². The Morgan fingerprint density at radius 2 is 1.56 bits per heavy atom. The molecule has 2 rings (SSSR count). The second-order valence-electron chi connectivity index (χ2n) is 9.38. The minimum Gasteiger partial charge on any atom is -0.403 e. The van der Waals surface area contributed by atoms with E-state index in [1.807, 2.05) is 18.2 Å². The monoisotopic (exact) mass is 480 g/mol. The lowest BCUT2D eigenvalue weighted by molar-refractivity contribution is -0.104. The van der Waals surface area contributed by atoms with Crippen LogP contribution in [-0.4, -0.2) is 47.6 Å². The van der Waals surface area contributed by atoms with Crippen LogP contribution in [0.25, 0.3) is 0 Å². The molecule has 0 aliphatic carbocycles. The van der Waals surface area contributed by atoms with Crippen molar-refractivity contribution in [2.45, 2.75) is 57.3 Å². The molecule has 0 saturated carbocycles. The lowest BCUT2D eigenvalue weighted by atomic mass is 10.1. The van der Waals surface area contributed by atoms with Gasteiger partial charge >= 0.3 is 0 Å². The molecule has 2 aromatic rings. The third-order valence-corrected chi connectivity index (χ3v) is 11.0. The zero-order chi connectivity index (χ0) is 24.9. The van der Waals surface area contributed by atoms with E-state index in [1.54, 1.807) is 7.11 Å².